The predicted molar refractivity (Wildman–Crippen MR) is 136 cm³/mol. The molecule has 0 aliphatic carbocycles. The Hall–Kier alpha value is -4.12. The molecule has 164 valence electrons. The SMILES string of the molecule is Cc1cccc(C)c1NC(=O)c1cc2c([nH]c3ccccc32)c(CCc2ccc(N)cc2)n1. The minimum Gasteiger partial charge on any atom is -0.399 e. The molecule has 5 aromatic rings. The largest absolute Gasteiger partial charge is 0.399 e. The first kappa shape index (κ1) is 20.8. The van der Waals surface area contributed by atoms with Gasteiger partial charge in [0.25, 0.3) is 5.91 Å². The fraction of sp³-hybridized carbons (Fsp3) is 0.143. The van der Waals surface area contributed by atoms with E-state index in [1.165, 1.54) is 5.56 Å². The highest BCUT2D eigenvalue weighted by Crippen LogP contribution is 2.29. The molecule has 5 heteroatoms. The number of nitrogens with zero attached hydrogens (tertiary/aromatic N) is 1. The van der Waals surface area contributed by atoms with Crippen molar-refractivity contribution in [2.45, 2.75) is 26.7 Å². The summed E-state index contributed by atoms with van der Waals surface area (Å²) in [7, 11) is 0. The monoisotopic (exact) mass is 434 g/mol. The number of anilines is 2. The van der Waals surface area contributed by atoms with Crippen LogP contribution in [0.4, 0.5) is 11.4 Å². The number of carbonyl (C=O) groups excluding carboxylic acids is 1. The Morgan fingerprint density at radius 2 is 1.64 bits per heavy atom. The Morgan fingerprint density at radius 3 is 2.39 bits per heavy atom. The van der Waals surface area contributed by atoms with Gasteiger partial charge in [-0.05, 0) is 67.6 Å². The molecule has 2 heterocycles. The van der Waals surface area contributed by atoms with Gasteiger partial charge in [-0.3, -0.25) is 4.79 Å². The van der Waals surface area contributed by atoms with Gasteiger partial charge in [-0.1, -0.05) is 48.5 Å². The first-order valence-corrected chi connectivity index (χ1v) is 11.1. The zero-order valence-electron chi connectivity index (χ0n) is 18.8. The summed E-state index contributed by atoms with van der Waals surface area (Å²) >= 11 is 0. The van der Waals surface area contributed by atoms with Gasteiger partial charge in [0.1, 0.15) is 5.69 Å². The van der Waals surface area contributed by atoms with Crippen molar-refractivity contribution in [2.24, 2.45) is 0 Å². The van der Waals surface area contributed by atoms with Gasteiger partial charge in [0.05, 0.1) is 11.2 Å². The molecule has 4 N–H and O–H groups in total. The molecule has 33 heavy (non-hydrogen) atoms. The number of rotatable bonds is 5. The Kier molecular flexibility index (Phi) is 5.31. The van der Waals surface area contributed by atoms with Crippen LogP contribution >= 0.6 is 0 Å². The summed E-state index contributed by atoms with van der Waals surface area (Å²) in [6.07, 6.45) is 1.51. The van der Waals surface area contributed by atoms with Crippen LogP contribution in [0.5, 0.6) is 0 Å². The van der Waals surface area contributed by atoms with Crippen LogP contribution in [0.2, 0.25) is 0 Å². The van der Waals surface area contributed by atoms with Crippen LogP contribution in [0.3, 0.4) is 0 Å². The smallest absolute Gasteiger partial charge is 0.274 e. The molecule has 0 radical (unpaired) electrons. The molecule has 0 bridgehead atoms. The molecule has 5 nitrogen and oxygen atoms in total. The summed E-state index contributed by atoms with van der Waals surface area (Å²) in [5, 5.41) is 5.18. The minimum absolute atomic E-state index is 0.201. The minimum atomic E-state index is -0.201. The average molecular weight is 435 g/mol. The highest BCUT2D eigenvalue weighted by atomic mass is 16.1. The van der Waals surface area contributed by atoms with Gasteiger partial charge < -0.3 is 16.0 Å². The zero-order chi connectivity index (χ0) is 22.9. The van der Waals surface area contributed by atoms with Crippen LogP contribution in [0, 0.1) is 13.8 Å². The molecule has 0 spiro atoms. The van der Waals surface area contributed by atoms with Crippen molar-refractivity contribution in [1.82, 2.24) is 9.97 Å². The molecule has 0 saturated heterocycles. The quantitative estimate of drug-likeness (QED) is 0.299. The number of H-pyrrole nitrogens is 1. The van der Waals surface area contributed by atoms with Crippen molar-refractivity contribution in [3.63, 3.8) is 0 Å². The van der Waals surface area contributed by atoms with Gasteiger partial charge in [0.2, 0.25) is 0 Å². The average Bonchev–Trinajstić information content (AvgIpc) is 3.20. The highest BCUT2D eigenvalue weighted by Gasteiger charge is 2.17. The maximum atomic E-state index is 13.3. The number of aromatic nitrogens is 2. The fourth-order valence-electron chi connectivity index (χ4n) is 4.34. The van der Waals surface area contributed by atoms with E-state index in [0.717, 1.165) is 56.4 Å². The molecule has 1 amide bonds. The highest BCUT2D eigenvalue weighted by molar-refractivity contribution is 6.12. The number of aryl methyl sites for hydroxylation is 4. The number of para-hydroxylation sites is 2. The second kappa shape index (κ2) is 8.43. The normalized spacial score (nSPS) is 11.2. The maximum absolute atomic E-state index is 13.3. The van der Waals surface area contributed by atoms with Crippen molar-refractivity contribution < 1.29 is 4.79 Å². The molecular weight excluding hydrogens is 408 g/mol. The van der Waals surface area contributed by atoms with E-state index in [2.05, 4.69) is 22.4 Å². The van der Waals surface area contributed by atoms with Crippen LogP contribution in [0.25, 0.3) is 21.8 Å². The lowest BCUT2D eigenvalue weighted by molar-refractivity contribution is 0.102. The topological polar surface area (TPSA) is 83.8 Å². The number of benzene rings is 3. The Bertz CT molecular complexity index is 1460. The van der Waals surface area contributed by atoms with E-state index in [-0.39, 0.29) is 5.91 Å². The number of carbonyl (C=O) groups is 1. The standard InChI is InChI=1S/C28H26N4O/c1-17-6-5-7-18(2)26(17)32-28(33)25-16-22-21-8-3-4-9-23(21)31-27(22)24(30-25)15-12-19-10-13-20(29)14-11-19/h3-11,13-14,16,31H,12,15,29H2,1-2H3,(H,32,33). The first-order chi connectivity index (χ1) is 16.0. The summed E-state index contributed by atoms with van der Waals surface area (Å²) in [5.41, 5.74) is 14.0. The van der Waals surface area contributed by atoms with Crippen molar-refractivity contribution in [1.29, 1.82) is 0 Å². The lowest BCUT2D eigenvalue weighted by Gasteiger charge is -2.12. The summed E-state index contributed by atoms with van der Waals surface area (Å²) < 4.78 is 0. The van der Waals surface area contributed by atoms with E-state index in [1.807, 2.05) is 74.5 Å². The number of fused-ring (bicyclic) bond motifs is 3. The number of amides is 1. The van der Waals surface area contributed by atoms with Crippen molar-refractivity contribution in [3.05, 3.63) is 101 Å². The molecule has 0 aliphatic rings. The van der Waals surface area contributed by atoms with Crippen LogP contribution in [-0.2, 0) is 12.8 Å². The maximum Gasteiger partial charge on any atom is 0.274 e. The van der Waals surface area contributed by atoms with Gasteiger partial charge in [-0.15, -0.1) is 0 Å². The molecule has 0 fully saturated rings. The molecule has 2 aromatic heterocycles. The van der Waals surface area contributed by atoms with E-state index in [9.17, 15) is 4.79 Å². The summed E-state index contributed by atoms with van der Waals surface area (Å²) in [5.74, 6) is -0.201. The summed E-state index contributed by atoms with van der Waals surface area (Å²) in [6, 6.07) is 23.9. The third-order valence-electron chi connectivity index (χ3n) is 6.15. The second-order valence-corrected chi connectivity index (χ2v) is 8.51. The molecule has 0 aliphatic heterocycles. The van der Waals surface area contributed by atoms with Crippen LogP contribution < -0.4 is 11.1 Å². The Labute approximate surface area is 192 Å². The van der Waals surface area contributed by atoms with Gasteiger partial charge >= 0.3 is 0 Å². The number of nitrogens with two attached hydrogens (primary N) is 1. The van der Waals surface area contributed by atoms with Crippen LogP contribution in [0.15, 0.2) is 72.8 Å². The third kappa shape index (κ3) is 4.05. The lowest BCUT2D eigenvalue weighted by atomic mass is 10.0. The Morgan fingerprint density at radius 1 is 0.909 bits per heavy atom. The van der Waals surface area contributed by atoms with E-state index < -0.39 is 0 Å². The zero-order valence-corrected chi connectivity index (χ0v) is 18.8. The lowest BCUT2D eigenvalue weighted by Crippen LogP contribution is -2.16. The Balaban J connectivity index is 1.56. The number of nitrogen functional groups attached to an aromatic ring is 1. The molecule has 0 saturated carbocycles. The number of pyridine rings is 1. The summed E-state index contributed by atoms with van der Waals surface area (Å²) in [4.78, 5) is 21.6. The van der Waals surface area contributed by atoms with Crippen LogP contribution in [-0.4, -0.2) is 15.9 Å². The van der Waals surface area contributed by atoms with Crippen molar-refractivity contribution >= 4 is 39.1 Å². The molecule has 5 rings (SSSR count). The van der Waals surface area contributed by atoms with E-state index >= 15 is 0 Å². The summed E-state index contributed by atoms with van der Waals surface area (Å²) in [6.45, 7) is 3.99. The number of nitrogens with one attached hydrogen (secondary N) is 2. The number of hydrogen-bond acceptors (Lipinski definition) is 3. The molecule has 0 atom stereocenters. The van der Waals surface area contributed by atoms with E-state index in [1.54, 1.807) is 0 Å². The second-order valence-electron chi connectivity index (χ2n) is 8.51. The van der Waals surface area contributed by atoms with Crippen LogP contribution in [0.1, 0.15) is 32.9 Å². The predicted octanol–water partition coefficient (Wildman–Crippen LogP) is 5.95. The first-order valence-electron chi connectivity index (χ1n) is 11.1. The fourth-order valence-corrected chi connectivity index (χ4v) is 4.34. The molecular formula is C28H26N4O. The van der Waals surface area contributed by atoms with Gasteiger partial charge in [-0.25, -0.2) is 4.98 Å². The molecule has 0 unspecified atom stereocenters. The van der Waals surface area contributed by atoms with Crippen molar-refractivity contribution in [2.75, 3.05) is 11.1 Å². The molecule has 3 aromatic carbocycles. The number of aromatic amines is 1. The van der Waals surface area contributed by atoms with Gasteiger partial charge in [-0.2, -0.15) is 0 Å². The van der Waals surface area contributed by atoms with E-state index in [0.29, 0.717) is 12.1 Å². The van der Waals surface area contributed by atoms with Gasteiger partial charge in [0, 0.05) is 27.7 Å². The third-order valence-corrected chi connectivity index (χ3v) is 6.15. The number of hydrogen-bond donors (Lipinski definition) is 3. The van der Waals surface area contributed by atoms with Gasteiger partial charge in [0.15, 0.2) is 0 Å². The van der Waals surface area contributed by atoms with Crippen molar-refractivity contribution in [3.8, 4) is 0 Å². The van der Waals surface area contributed by atoms with E-state index in [4.69, 9.17) is 10.7 Å².